The minimum absolute atomic E-state index is 0.0962. The Hall–Kier alpha value is -1.60. The molecule has 7 heteroatoms. The number of carbonyl (C=O) groups excluding carboxylic acids is 1. The molecule has 1 amide bonds. The molecule has 2 N–H and O–H groups in total. The molecule has 0 saturated heterocycles. The zero-order valence-corrected chi connectivity index (χ0v) is 14.1. The molecule has 0 saturated carbocycles. The lowest BCUT2D eigenvalue weighted by Crippen LogP contribution is -2.44. The van der Waals surface area contributed by atoms with E-state index in [0.29, 0.717) is 12.3 Å². The van der Waals surface area contributed by atoms with Crippen LogP contribution in [0.1, 0.15) is 33.1 Å². The number of carbonyl (C=O) groups is 1. The Morgan fingerprint density at radius 3 is 2.41 bits per heavy atom. The molecule has 0 heterocycles. The SMILES string of the molecule is CCCCCNC(=O)[C@H](C)NS(=O)(=O)c1ccc(OC)cc1. The average Bonchev–Trinajstić information content (AvgIpc) is 2.51. The van der Waals surface area contributed by atoms with Gasteiger partial charge in [0.05, 0.1) is 18.0 Å². The highest BCUT2D eigenvalue weighted by molar-refractivity contribution is 7.89. The van der Waals surface area contributed by atoms with Crippen LogP contribution < -0.4 is 14.8 Å². The van der Waals surface area contributed by atoms with Crippen LogP contribution >= 0.6 is 0 Å². The number of amides is 1. The number of methoxy groups -OCH3 is 1. The Balaban J connectivity index is 2.60. The average molecular weight is 328 g/mol. The summed E-state index contributed by atoms with van der Waals surface area (Å²) in [6.45, 7) is 4.16. The summed E-state index contributed by atoms with van der Waals surface area (Å²) >= 11 is 0. The third kappa shape index (κ3) is 5.65. The summed E-state index contributed by atoms with van der Waals surface area (Å²) in [5.41, 5.74) is 0. The second-order valence-electron chi connectivity index (χ2n) is 5.02. The number of benzene rings is 1. The van der Waals surface area contributed by atoms with Crippen molar-refractivity contribution in [2.45, 2.75) is 44.0 Å². The van der Waals surface area contributed by atoms with Gasteiger partial charge in [-0.1, -0.05) is 19.8 Å². The highest BCUT2D eigenvalue weighted by Gasteiger charge is 2.21. The van der Waals surface area contributed by atoms with Crippen molar-refractivity contribution in [2.75, 3.05) is 13.7 Å². The first kappa shape index (κ1) is 18.4. The van der Waals surface area contributed by atoms with Gasteiger partial charge in [0.25, 0.3) is 0 Å². The van der Waals surface area contributed by atoms with Crippen LogP contribution in [0.3, 0.4) is 0 Å². The van der Waals surface area contributed by atoms with Crippen LogP contribution in [0.25, 0.3) is 0 Å². The van der Waals surface area contributed by atoms with Crippen LogP contribution in [0.15, 0.2) is 29.2 Å². The molecule has 0 aliphatic heterocycles. The first-order chi connectivity index (χ1) is 10.4. The summed E-state index contributed by atoms with van der Waals surface area (Å²) < 4.78 is 31.7. The van der Waals surface area contributed by atoms with E-state index in [1.165, 1.54) is 26.2 Å². The number of unbranched alkanes of at least 4 members (excludes halogenated alkanes) is 2. The van der Waals surface area contributed by atoms with Gasteiger partial charge < -0.3 is 10.1 Å². The van der Waals surface area contributed by atoms with Gasteiger partial charge in [-0.15, -0.1) is 0 Å². The number of hydrogen-bond donors (Lipinski definition) is 2. The van der Waals surface area contributed by atoms with Crippen LogP contribution in [0.5, 0.6) is 5.75 Å². The predicted molar refractivity (Wildman–Crippen MR) is 85.3 cm³/mol. The first-order valence-corrected chi connectivity index (χ1v) is 8.83. The van der Waals surface area contributed by atoms with E-state index in [1.807, 2.05) is 0 Å². The van der Waals surface area contributed by atoms with E-state index in [0.717, 1.165) is 19.3 Å². The second-order valence-corrected chi connectivity index (χ2v) is 6.73. The lowest BCUT2D eigenvalue weighted by Gasteiger charge is -2.14. The van der Waals surface area contributed by atoms with Crippen molar-refractivity contribution in [1.82, 2.24) is 10.0 Å². The van der Waals surface area contributed by atoms with Crippen LogP contribution in [-0.2, 0) is 14.8 Å². The minimum Gasteiger partial charge on any atom is -0.497 e. The molecule has 0 aromatic heterocycles. The molecule has 6 nitrogen and oxygen atoms in total. The number of sulfonamides is 1. The van der Waals surface area contributed by atoms with Gasteiger partial charge in [-0.25, -0.2) is 8.42 Å². The molecule has 1 aromatic rings. The molecule has 1 aromatic carbocycles. The largest absolute Gasteiger partial charge is 0.497 e. The Morgan fingerprint density at radius 1 is 1.23 bits per heavy atom. The van der Waals surface area contributed by atoms with Gasteiger partial charge in [0.15, 0.2) is 0 Å². The second kappa shape index (κ2) is 8.75. The fourth-order valence-corrected chi connectivity index (χ4v) is 3.05. The van der Waals surface area contributed by atoms with E-state index in [-0.39, 0.29) is 10.8 Å². The molecule has 0 spiro atoms. The summed E-state index contributed by atoms with van der Waals surface area (Å²) in [6.07, 6.45) is 2.99. The Kier molecular flexibility index (Phi) is 7.34. The normalized spacial score (nSPS) is 12.7. The summed E-state index contributed by atoms with van der Waals surface area (Å²) in [5, 5.41) is 2.72. The molecule has 124 valence electrons. The molecular formula is C15H24N2O4S. The number of hydrogen-bond acceptors (Lipinski definition) is 4. The van der Waals surface area contributed by atoms with E-state index >= 15 is 0 Å². The molecular weight excluding hydrogens is 304 g/mol. The summed E-state index contributed by atoms with van der Waals surface area (Å²) in [6, 6.07) is 5.17. The molecule has 0 aliphatic rings. The molecule has 0 unspecified atom stereocenters. The number of rotatable bonds is 9. The molecule has 0 radical (unpaired) electrons. The van der Waals surface area contributed by atoms with Gasteiger partial charge in [0, 0.05) is 6.54 Å². The first-order valence-electron chi connectivity index (χ1n) is 7.34. The lowest BCUT2D eigenvalue weighted by molar-refractivity contribution is -0.122. The minimum atomic E-state index is -3.73. The van der Waals surface area contributed by atoms with Gasteiger partial charge in [0.2, 0.25) is 15.9 Å². The molecule has 0 fully saturated rings. The van der Waals surface area contributed by atoms with Crippen molar-refractivity contribution in [3.8, 4) is 5.75 Å². The molecule has 0 aliphatic carbocycles. The van der Waals surface area contributed by atoms with Gasteiger partial charge in [-0.05, 0) is 37.6 Å². The van der Waals surface area contributed by atoms with Crippen molar-refractivity contribution >= 4 is 15.9 Å². The Labute approximate surface area is 132 Å². The maximum absolute atomic E-state index is 12.2. The lowest BCUT2D eigenvalue weighted by atomic mass is 10.2. The van der Waals surface area contributed by atoms with Gasteiger partial charge in [-0.2, -0.15) is 4.72 Å². The van der Waals surface area contributed by atoms with E-state index in [4.69, 9.17) is 4.74 Å². The van der Waals surface area contributed by atoms with Crippen molar-refractivity contribution in [2.24, 2.45) is 0 Å². The monoisotopic (exact) mass is 328 g/mol. The third-order valence-electron chi connectivity index (χ3n) is 3.17. The van der Waals surface area contributed by atoms with Crippen molar-refractivity contribution < 1.29 is 17.9 Å². The zero-order valence-electron chi connectivity index (χ0n) is 13.3. The standard InChI is InChI=1S/C15H24N2O4S/c1-4-5-6-11-16-15(18)12(2)17-22(19,20)14-9-7-13(21-3)8-10-14/h7-10,12,17H,4-6,11H2,1-3H3,(H,16,18)/t12-/m0/s1. The fraction of sp³-hybridized carbons (Fsp3) is 0.533. The molecule has 1 atom stereocenters. The number of ether oxygens (including phenoxy) is 1. The quantitative estimate of drug-likeness (QED) is 0.675. The van der Waals surface area contributed by atoms with Gasteiger partial charge in [-0.3, -0.25) is 4.79 Å². The van der Waals surface area contributed by atoms with Crippen LogP contribution in [-0.4, -0.2) is 34.0 Å². The number of nitrogens with one attached hydrogen (secondary N) is 2. The Morgan fingerprint density at radius 2 is 1.86 bits per heavy atom. The van der Waals surface area contributed by atoms with Crippen molar-refractivity contribution in [3.05, 3.63) is 24.3 Å². The topological polar surface area (TPSA) is 84.5 Å². The summed E-state index contributed by atoms with van der Waals surface area (Å²) in [5.74, 6) is 0.244. The van der Waals surface area contributed by atoms with E-state index in [1.54, 1.807) is 12.1 Å². The zero-order chi connectivity index (χ0) is 16.6. The smallest absolute Gasteiger partial charge is 0.241 e. The van der Waals surface area contributed by atoms with Crippen molar-refractivity contribution in [1.29, 1.82) is 0 Å². The van der Waals surface area contributed by atoms with E-state index < -0.39 is 16.1 Å². The predicted octanol–water partition coefficient (Wildman–Crippen LogP) is 1.67. The van der Waals surface area contributed by atoms with Crippen LogP contribution in [0, 0.1) is 0 Å². The van der Waals surface area contributed by atoms with Gasteiger partial charge in [0.1, 0.15) is 5.75 Å². The third-order valence-corrected chi connectivity index (χ3v) is 4.73. The Bertz CT molecular complexity index is 570. The maximum Gasteiger partial charge on any atom is 0.241 e. The van der Waals surface area contributed by atoms with Crippen molar-refractivity contribution in [3.63, 3.8) is 0 Å². The van der Waals surface area contributed by atoms with Crippen LogP contribution in [0.2, 0.25) is 0 Å². The van der Waals surface area contributed by atoms with Crippen LogP contribution in [0.4, 0.5) is 0 Å². The highest BCUT2D eigenvalue weighted by Crippen LogP contribution is 2.15. The maximum atomic E-state index is 12.2. The molecule has 0 bridgehead atoms. The van der Waals surface area contributed by atoms with E-state index in [9.17, 15) is 13.2 Å². The fourth-order valence-electron chi connectivity index (χ4n) is 1.85. The molecule has 1 rings (SSSR count). The highest BCUT2D eigenvalue weighted by atomic mass is 32.2. The summed E-state index contributed by atoms with van der Waals surface area (Å²) in [4.78, 5) is 12.0. The molecule has 22 heavy (non-hydrogen) atoms. The van der Waals surface area contributed by atoms with Gasteiger partial charge >= 0.3 is 0 Å². The van der Waals surface area contributed by atoms with E-state index in [2.05, 4.69) is 17.0 Å². The summed E-state index contributed by atoms with van der Waals surface area (Å²) in [7, 11) is -2.22.